The SMILES string of the molecule is CCCCN(C(=O)C(CS)NC(=O)OC(C)(C)C)C(C(=O)Nc1c(C)cccc1Cl)c1ccccc1O. The van der Waals surface area contributed by atoms with E-state index < -0.39 is 35.6 Å². The molecule has 0 saturated heterocycles. The highest BCUT2D eigenvalue weighted by Gasteiger charge is 2.37. The van der Waals surface area contributed by atoms with Crippen molar-refractivity contribution in [3.8, 4) is 5.75 Å². The van der Waals surface area contributed by atoms with E-state index >= 15 is 0 Å². The van der Waals surface area contributed by atoms with Gasteiger partial charge in [0.25, 0.3) is 5.91 Å². The standard InChI is InChI=1S/C27H36ClN3O5S/c1-6-7-15-31(25(34)20(16-37)29-26(35)36-27(3,4)5)23(18-12-8-9-14-21(18)32)24(33)30-22-17(2)11-10-13-19(22)28/h8-14,20,23,32,37H,6-7,15-16H2,1-5H3,(H,29,35)(H,30,33). The Morgan fingerprint density at radius 3 is 2.38 bits per heavy atom. The molecular weight excluding hydrogens is 514 g/mol. The quantitative estimate of drug-likeness (QED) is 0.293. The van der Waals surface area contributed by atoms with E-state index in [0.717, 1.165) is 12.0 Å². The lowest BCUT2D eigenvalue weighted by molar-refractivity contribution is -0.140. The van der Waals surface area contributed by atoms with Gasteiger partial charge in [-0.25, -0.2) is 4.79 Å². The van der Waals surface area contributed by atoms with Crippen molar-refractivity contribution in [1.82, 2.24) is 10.2 Å². The summed E-state index contributed by atoms with van der Waals surface area (Å²) in [5.41, 5.74) is 0.629. The number of para-hydroxylation sites is 2. The number of alkyl carbamates (subject to hydrolysis) is 1. The molecule has 2 aromatic carbocycles. The average molecular weight is 550 g/mol. The Morgan fingerprint density at radius 2 is 1.81 bits per heavy atom. The van der Waals surface area contributed by atoms with E-state index in [4.69, 9.17) is 16.3 Å². The summed E-state index contributed by atoms with van der Waals surface area (Å²) in [7, 11) is 0. The Kier molecular flexibility index (Phi) is 11.1. The predicted molar refractivity (Wildman–Crippen MR) is 149 cm³/mol. The van der Waals surface area contributed by atoms with Gasteiger partial charge in [0.2, 0.25) is 5.91 Å². The molecule has 2 rings (SSSR count). The number of carbonyl (C=O) groups excluding carboxylic acids is 3. The zero-order valence-electron chi connectivity index (χ0n) is 21.9. The number of phenolic OH excluding ortho intramolecular Hbond substituents is 1. The second-order valence-corrected chi connectivity index (χ2v) is 10.4. The number of aryl methyl sites for hydroxylation is 1. The van der Waals surface area contributed by atoms with E-state index in [2.05, 4.69) is 23.3 Å². The minimum Gasteiger partial charge on any atom is -0.508 e. The molecule has 3 N–H and O–H groups in total. The Morgan fingerprint density at radius 1 is 1.14 bits per heavy atom. The molecule has 0 aliphatic rings. The summed E-state index contributed by atoms with van der Waals surface area (Å²) in [6, 6.07) is 9.29. The number of amides is 3. The van der Waals surface area contributed by atoms with Crippen molar-refractivity contribution >= 4 is 47.8 Å². The number of unbranched alkanes of at least 4 members (excludes halogenated alkanes) is 1. The molecule has 0 aliphatic carbocycles. The van der Waals surface area contributed by atoms with Gasteiger partial charge in [0.05, 0.1) is 10.7 Å². The van der Waals surface area contributed by atoms with Crippen LogP contribution in [0.15, 0.2) is 42.5 Å². The van der Waals surface area contributed by atoms with Gasteiger partial charge in [-0.2, -0.15) is 12.6 Å². The van der Waals surface area contributed by atoms with Gasteiger partial charge in [0.15, 0.2) is 0 Å². The van der Waals surface area contributed by atoms with Gasteiger partial charge in [0, 0.05) is 17.9 Å². The molecule has 0 aromatic heterocycles. The summed E-state index contributed by atoms with van der Waals surface area (Å²) >= 11 is 10.6. The molecule has 0 spiro atoms. The van der Waals surface area contributed by atoms with Crippen molar-refractivity contribution in [2.75, 3.05) is 17.6 Å². The maximum Gasteiger partial charge on any atom is 0.408 e. The summed E-state index contributed by atoms with van der Waals surface area (Å²) in [5.74, 6) is -1.26. The number of benzene rings is 2. The van der Waals surface area contributed by atoms with Crippen molar-refractivity contribution in [1.29, 1.82) is 0 Å². The topological polar surface area (TPSA) is 108 Å². The van der Waals surface area contributed by atoms with Crippen molar-refractivity contribution in [2.45, 2.75) is 65.1 Å². The molecule has 8 nitrogen and oxygen atoms in total. The Hall–Kier alpha value is -2.91. The molecule has 10 heteroatoms. The van der Waals surface area contributed by atoms with E-state index in [1.54, 1.807) is 64.1 Å². The Labute approximate surface area is 229 Å². The zero-order valence-corrected chi connectivity index (χ0v) is 23.5. The number of thiol groups is 1. The summed E-state index contributed by atoms with van der Waals surface area (Å²) in [6.45, 7) is 9.11. The largest absolute Gasteiger partial charge is 0.508 e. The van der Waals surface area contributed by atoms with Crippen LogP contribution in [0, 0.1) is 6.92 Å². The summed E-state index contributed by atoms with van der Waals surface area (Å²) in [5, 5.41) is 16.4. The normalized spacial score (nSPS) is 12.8. The van der Waals surface area contributed by atoms with Gasteiger partial charge in [0.1, 0.15) is 23.4 Å². The zero-order chi connectivity index (χ0) is 27.8. The first kappa shape index (κ1) is 30.3. The second-order valence-electron chi connectivity index (χ2n) is 9.65. The summed E-state index contributed by atoms with van der Waals surface area (Å²) < 4.78 is 5.31. The van der Waals surface area contributed by atoms with E-state index in [9.17, 15) is 19.5 Å². The van der Waals surface area contributed by atoms with Crippen LogP contribution in [0.25, 0.3) is 0 Å². The summed E-state index contributed by atoms with van der Waals surface area (Å²) in [6.07, 6.45) is 0.554. The monoisotopic (exact) mass is 549 g/mol. The van der Waals surface area contributed by atoms with Crippen LogP contribution < -0.4 is 10.6 Å². The van der Waals surface area contributed by atoms with Crippen molar-refractivity contribution in [3.63, 3.8) is 0 Å². The molecule has 0 bridgehead atoms. The van der Waals surface area contributed by atoms with E-state index in [-0.39, 0.29) is 23.6 Å². The van der Waals surface area contributed by atoms with E-state index in [1.807, 2.05) is 6.92 Å². The van der Waals surface area contributed by atoms with Gasteiger partial charge in [-0.3, -0.25) is 9.59 Å². The number of nitrogens with one attached hydrogen (secondary N) is 2. The summed E-state index contributed by atoms with van der Waals surface area (Å²) in [4.78, 5) is 41.4. The highest BCUT2D eigenvalue weighted by atomic mass is 35.5. The van der Waals surface area contributed by atoms with Gasteiger partial charge in [-0.1, -0.05) is 55.3 Å². The maximum absolute atomic E-state index is 13.8. The molecule has 3 amide bonds. The van der Waals surface area contributed by atoms with Crippen LogP contribution >= 0.6 is 24.2 Å². The smallest absolute Gasteiger partial charge is 0.408 e. The van der Waals surface area contributed by atoms with E-state index in [0.29, 0.717) is 17.1 Å². The minimum atomic E-state index is -1.21. The molecule has 202 valence electrons. The van der Waals surface area contributed by atoms with Crippen LogP contribution in [0.1, 0.15) is 57.7 Å². The highest BCUT2D eigenvalue weighted by Crippen LogP contribution is 2.33. The van der Waals surface area contributed by atoms with Gasteiger partial charge >= 0.3 is 6.09 Å². The minimum absolute atomic E-state index is 0.0283. The molecule has 0 saturated carbocycles. The van der Waals surface area contributed by atoms with E-state index in [1.165, 1.54) is 11.0 Å². The van der Waals surface area contributed by atoms with Crippen molar-refractivity contribution < 1.29 is 24.2 Å². The maximum atomic E-state index is 13.8. The number of ether oxygens (including phenoxy) is 1. The van der Waals surface area contributed by atoms with Gasteiger partial charge in [-0.05, 0) is 51.8 Å². The molecule has 0 heterocycles. The lowest BCUT2D eigenvalue weighted by atomic mass is 10.0. The number of hydrogen-bond acceptors (Lipinski definition) is 6. The molecule has 2 atom stereocenters. The third-order valence-corrected chi connectivity index (χ3v) is 6.15. The van der Waals surface area contributed by atoms with Crippen LogP contribution in [0.3, 0.4) is 0 Å². The molecular formula is C27H36ClN3O5S. The fourth-order valence-electron chi connectivity index (χ4n) is 3.68. The number of anilines is 1. The van der Waals surface area contributed by atoms with Crippen LogP contribution in [-0.2, 0) is 14.3 Å². The number of nitrogens with zero attached hydrogens (tertiary/aromatic N) is 1. The predicted octanol–water partition coefficient (Wildman–Crippen LogP) is 5.49. The third-order valence-electron chi connectivity index (χ3n) is 5.47. The van der Waals surface area contributed by atoms with Crippen molar-refractivity contribution in [3.05, 3.63) is 58.6 Å². The second kappa shape index (κ2) is 13.6. The number of carbonyl (C=O) groups is 3. The fraction of sp³-hybridized carbons (Fsp3) is 0.444. The lowest BCUT2D eigenvalue weighted by Gasteiger charge is -2.34. The number of hydrogen-bond donors (Lipinski definition) is 4. The number of rotatable bonds is 10. The molecule has 2 aromatic rings. The van der Waals surface area contributed by atoms with Crippen LogP contribution in [0.5, 0.6) is 5.75 Å². The number of aromatic hydroxyl groups is 1. The fourth-order valence-corrected chi connectivity index (χ4v) is 4.20. The van der Waals surface area contributed by atoms with Gasteiger partial charge < -0.3 is 25.4 Å². The molecule has 0 fully saturated rings. The first-order valence-corrected chi connectivity index (χ1v) is 13.1. The number of halogens is 1. The Balaban J connectivity index is 2.52. The van der Waals surface area contributed by atoms with Crippen molar-refractivity contribution in [2.24, 2.45) is 0 Å². The highest BCUT2D eigenvalue weighted by molar-refractivity contribution is 7.80. The Bertz CT molecular complexity index is 1090. The number of phenols is 1. The van der Waals surface area contributed by atoms with Crippen LogP contribution in [0.4, 0.5) is 10.5 Å². The lowest BCUT2D eigenvalue weighted by Crippen LogP contribution is -2.53. The first-order chi connectivity index (χ1) is 17.4. The van der Waals surface area contributed by atoms with Gasteiger partial charge in [-0.15, -0.1) is 0 Å². The van der Waals surface area contributed by atoms with Crippen LogP contribution in [0.2, 0.25) is 5.02 Å². The first-order valence-electron chi connectivity index (χ1n) is 12.1. The molecule has 37 heavy (non-hydrogen) atoms. The molecule has 2 unspecified atom stereocenters. The average Bonchev–Trinajstić information content (AvgIpc) is 2.81. The van der Waals surface area contributed by atoms with Crippen LogP contribution in [-0.4, -0.2) is 51.9 Å². The molecule has 0 aliphatic heterocycles. The third kappa shape index (κ3) is 8.57. The molecule has 0 radical (unpaired) electrons.